The maximum Gasteiger partial charge on any atom is 0.281 e. The Labute approximate surface area is 120 Å². The highest BCUT2D eigenvalue weighted by Crippen LogP contribution is 2.33. The monoisotopic (exact) mass is 305 g/mol. The van der Waals surface area contributed by atoms with Gasteiger partial charge in [0.15, 0.2) is 0 Å². The van der Waals surface area contributed by atoms with Crippen molar-refractivity contribution in [2.24, 2.45) is 0 Å². The third kappa shape index (κ3) is 3.34. The van der Waals surface area contributed by atoms with Crippen LogP contribution in [0, 0.1) is 6.92 Å². The second-order valence-electron chi connectivity index (χ2n) is 5.14. The van der Waals surface area contributed by atoms with Crippen LogP contribution in [0.1, 0.15) is 48.3 Å². The van der Waals surface area contributed by atoms with Gasteiger partial charge >= 0.3 is 0 Å². The van der Waals surface area contributed by atoms with Gasteiger partial charge in [-0.15, -0.1) is 11.3 Å². The number of rotatable bonds is 5. The average molecular weight is 305 g/mol. The summed E-state index contributed by atoms with van der Waals surface area (Å²) in [5.74, 6) is 0.361. The molecule has 1 aromatic rings. The summed E-state index contributed by atoms with van der Waals surface area (Å²) in [5.41, 5.74) is 0.919. The molecule has 0 N–H and O–H groups in total. The van der Waals surface area contributed by atoms with E-state index in [1.54, 1.807) is 18.4 Å². The number of nitrogens with zero attached hydrogens (tertiary/aromatic N) is 3. The van der Waals surface area contributed by atoms with Gasteiger partial charge in [-0.25, -0.2) is 4.98 Å². The molecule has 1 atom stereocenters. The molecule has 0 aliphatic rings. The second-order valence-corrected chi connectivity index (χ2v) is 8.40. The summed E-state index contributed by atoms with van der Waals surface area (Å²) in [4.78, 5) is 5.53. The summed E-state index contributed by atoms with van der Waals surface area (Å²) in [7, 11) is 1.28. The molecular formula is C12H23N3O2S2. The third-order valence-corrected chi connectivity index (χ3v) is 6.69. The molecule has 19 heavy (non-hydrogen) atoms. The van der Waals surface area contributed by atoms with Crippen LogP contribution in [0.3, 0.4) is 0 Å². The number of aryl methyl sites for hydroxylation is 1. The molecule has 0 saturated carbocycles. The van der Waals surface area contributed by atoms with Crippen molar-refractivity contribution in [1.82, 2.24) is 13.6 Å². The van der Waals surface area contributed by atoms with Crippen molar-refractivity contribution in [3.63, 3.8) is 0 Å². The number of hydrogen-bond donors (Lipinski definition) is 0. The zero-order valence-electron chi connectivity index (χ0n) is 12.6. The molecule has 0 unspecified atom stereocenters. The van der Waals surface area contributed by atoms with Crippen LogP contribution >= 0.6 is 11.3 Å². The molecule has 110 valence electrons. The highest BCUT2D eigenvalue weighted by atomic mass is 32.2. The van der Waals surface area contributed by atoms with Gasteiger partial charge in [-0.3, -0.25) is 0 Å². The lowest BCUT2D eigenvalue weighted by molar-refractivity contribution is 0.367. The number of hydrogen-bond acceptors (Lipinski definition) is 4. The normalized spacial score (nSPS) is 14.6. The first-order valence-corrected chi connectivity index (χ1v) is 8.43. The van der Waals surface area contributed by atoms with Crippen LogP contribution in [0.15, 0.2) is 0 Å². The maximum atomic E-state index is 12.1. The van der Waals surface area contributed by atoms with Crippen LogP contribution in [-0.4, -0.2) is 43.2 Å². The molecular weight excluding hydrogens is 282 g/mol. The molecule has 0 aliphatic carbocycles. The van der Waals surface area contributed by atoms with Gasteiger partial charge in [-0.1, -0.05) is 13.8 Å². The Bertz CT molecular complexity index is 535. The molecule has 0 aliphatic heterocycles. The third-order valence-electron chi connectivity index (χ3n) is 3.09. The second kappa shape index (κ2) is 5.87. The predicted molar refractivity (Wildman–Crippen MR) is 79.7 cm³/mol. The summed E-state index contributed by atoms with van der Waals surface area (Å²) in [6, 6.07) is -0.211. The number of aromatic nitrogens is 1. The van der Waals surface area contributed by atoms with Crippen LogP contribution < -0.4 is 0 Å². The Hall–Kier alpha value is -0.500. The van der Waals surface area contributed by atoms with E-state index in [9.17, 15) is 8.42 Å². The lowest BCUT2D eigenvalue weighted by Gasteiger charge is -2.26. The Morgan fingerprint density at radius 2 is 1.68 bits per heavy atom. The van der Waals surface area contributed by atoms with Crippen LogP contribution in [0.2, 0.25) is 0 Å². The van der Waals surface area contributed by atoms with E-state index >= 15 is 0 Å². The van der Waals surface area contributed by atoms with Gasteiger partial charge in [0.05, 0.1) is 16.7 Å². The van der Waals surface area contributed by atoms with Gasteiger partial charge in [0, 0.05) is 31.9 Å². The molecule has 1 heterocycles. The van der Waals surface area contributed by atoms with Crippen molar-refractivity contribution >= 4 is 21.5 Å². The molecule has 0 bridgehead atoms. The Morgan fingerprint density at radius 3 is 2.05 bits per heavy atom. The lowest BCUT2D eigenvalue weighted by Crippen LogP contribution is -2.38. The number of thiazole rings is 1. The zero-order valence-corrected chi connectivity index (χ0v) is 14.3. The fourth-order valence-electron chi connectivity index (χ4n) is 1.69. The maximum absolute atomic E-state index is 12.1. The summed E-state index contributed by atoms with van der Waals surface area (Å²) in [6.45, 7) is 8.01. The smallest absolute Gasteiger partial charge is 0.246 e. The Balaban J connectivity index is 3.10. The lowest BCUT2D eigenvalue weighted by atomic mass is 10.2. The van der Waals surface area contributed by atoms with Crippen molar-refractivity contribution in [1.29, 1.82) is 0 Å². The van der Waals surface area contributed by atoms with E-state index in [4.69, 9.17) is 0 Å². The van der Waals surface area contributed by atoms with E-state index in [0.29, 0.717) is 5.92 Å². The summed E-state index contributed by atoms with van der Waals surface area (Å²) in [5, 5.41) is 1.05. The van der Waals surface area contributed by atoms with Crippen LogP contribution in [-0.2, 0) is 10.2 Å². The quantitative estimate of drug-likeness (QED) is 0.839. The van der Waals surface area contributed by atoms with E-state index in [2.05, 4.69) is 18.8 Å². The minimum Gasteiger partial charge on any atom is -0.246 e. The van der Waals surface area contributed by atoms with Crippen LogP contribution in [0.4, 0.5) is 0 Å². The molecule has 0 radical (unpaired) electrons. The van der Waals surface area contributed by atoms with E-state index in [0.717, 1.165) is 15.6 Å². The van der Waals surface area contributed by atoms with Crippen molar-refractivity contribution in [2.45, 2.75) is 39.7 Å². The van der Waals surface area contributed by atoms with Gasteiger partial charge in [0.1, 0.15) is 0 Å². The van der Waals surface area contributed by atoms with Gasteiger partial charge < -0.3 is 0 Å². The van der Waals surface area contributed by atoms with E-state index in [-0.39, 0.29) is 6.04 Å². The first-order valence-electron chi connectivity index (χ1n) is 6.21. The predicted octanol–water partition coefficient (Wildman–Crippen LogP) is 2.37. The zero-order chi connectivity index (χ0) is 15.0. The largest absolute Gasteiger partial charge is 0.281 e. The molecule has 7 heteroatoms. The molecule has 5 nitrogen and oxygen atoms in total. The molecule has 1 aromatic heterocycles. The van der Waals surface area contributed by atoms with Crippen molar-refractivity contribution in [3.8, 4) is 0 Å². The first kappa shape index (κ1) is 16.6. The van der Waals surface area contributed by atoms with Crippen molar-refractivity contribution in [3.05, 3.63) is 15.6 Å². The van der Waals surface area contributed by atoms with E-state index in [1.807, 2.05) is 13.8 Å². The molecule has 0 saturated heterocycles. The molecule has 0 aromatic carbocycles. The van der Waals surface area contributed by atoms with Crippen LogP contribution in [0.5, 0.6) is 0 Å². The van der Waals surface area contributed by atoms with Gasteiger partial charge in [0.25, 0.3) is 10.2 Å². The van der Waals surface area contributed by atoms with E-state index in [1.165, 1.54) is 22.7 Å². The van der Waals surface area contributed by atoms with Crippen LogP contribution in [0.25, 0.3) is 0 Å². The first-order chi connectivity index (χ1) is 8.59. The minimum atomic E-state index is -3.41. The summed E-state index contributed by atoms with van der Waals surface area (Å²) in [6.07, 6.45) is 0. The highest BCUT2D eigenvalue weighted by molar-refractivity contribution is 7.86. The Kier molecular flexibility index (Phi) is 5.11. The molecule has 1 rings (SSSR count). The fourth-order valence-corrected chi connectivity index (χ4v) is 3.94. The topological polar surface area (TPSA) is 53.5 Å². The summed E-state index contributed by atoms with van der Waals surface area (Å²) < 4.78 is 26.9. The van der Waals surface area contributed by atoms with Crippen molar-refractivity contribution < 1.29 is 8.42 Å². The van der Waals surface area contributed by atoms with Gasteiger partial charge in [-0.05, 0) is 13.8 Å². The standard InChI is InChI=1S/C12H23N3O2S2/c1-8(2)12-13-9(3)11(18-12)10(4)15(7)19(16,17)14(5)6/h8,10H,1-7H3/t10-/m0/s1. The SMILES string of the molecule is Cc1nc(C(C)C)sc1[C@H](C)N(C)S(=O)(=O)N(C)C. The van der Waals surface area contributed by atoms with Gasteiger partial charge in [-0.2, -0.15) is 17.0 Å². The molecule has 0 spiro atoms. The van der Waals surface area contributed by atoms with Gasteiger partial charge in [0.2, 0.25) is 0 Å². The minimum absolute atomic E-state index is 0.211. The molecule has 0 fully saturated rings. The van der Waals surface area contributed by atoms with Crippen molar-refractivity contribution in [2.75, 3.05) is 21.1 Å². The van der Waals surface area contributed by atoms with E-state index < -0.39 is 10.2 Å². The summed E-state index contributed by atoms with van der Waals surface area (Å²) >= 11 is 1.60. The Morgan fingerprint density at radius 1 is 1.16 bits per heavy atom. The molecule has 0 amide bonds. The fraction of sp³-hybridized carbons (Fsp3) is 0.750. The highest BCUT2D eigenvalue weighted by Gasteiger charge is 2.29. The average Bonchev–Trinajstić information content (AvgIpc) is 2.69.